The van der Waals surface area contributed by atoms with E-state index in [1.54, 1.807) is 0 Å². The first-order valence-corrected chi connectivity index (χ1v) is 25.6. The summed E-state index contributed by atoms with van der Waals surface area (Å²) >= 11 is 0. The van der Waals surface area contributed by atoms with E-state index in [1.807, 2.05) is 0 Å². The minimum atomic E-state index is 0.182. The van der Waals surface area contributed by atoms with Gasteiger partial charge in [0.2, 0.25) is 0 Å². The minimum absolute atomic E-state index is 0.182. The fourth-order valence-electron chi connectivity index (χ4n) is 17.8. The molecule has 0 amide bonds. The topological polar surface area (TPSA) is 17.1 Å². The first kappa shape index (κ1) is 37.5. The number of hydrogen-bond donors (Lipinski definition) is 0. The van der Waals surface area contributed by atoms with E-state index in [9.17, 15) is 4.79 Å². The average molecular weight is 893 g/mol. The Hall–Kier alpha value is -7.35. The highest BCUT2D eigenvalue weighted by molar-refractivity contribution is 6.62. The lowest BCUT2D eigenvalue weighted by Gasteiger charge is -2.34. The van der Waals surface area contributed by atoms with Crippen LogP contribution in [-0.2, 0) is 0 Å². The highest BCUT2D eigenvalue weighted by Crippen LogP contribution is 2.65. The summed E-state index contributed by atoms with van der Waals surface area (Å²) in [5, 5.41) is 43.8. The molecule has 0 aliphatic heterocycles. The minimum Gasteiger partial charge on any atom is -0.289 e. The van der Waals surface area contributed by atoms with Crippen molar-refractivity contribution in [1.82, 2.24) is 0 Å². The van der Waals surface area contributed by atoms with Crippen molar-refractivity contribution in [2.45, 2.75) is 96.9 Å². The highest BCUT2D eigenvalue weighted by atomic mass is 16.1. The summed E-state index contributed by atoms with van der Waals surface area (Å²) in [6.45, 7) is 38.4. The molecule has 1 aliphatic carbocycles. The average Bonchev–Trinajstić information content (AvgIpc) is 3.77. The smallest absolute Gasteiger partial charge is 0.194 e. The molecule has 0 bridgehead atoms. The van der Waals surface area contributed by atoms with E-state index in [0.29, 0.717) is 0 Å². The van der Waals surface area contributed by atoms with Gasteiger partial charge in [0.05, 0.1) is 0 Å². The Morgan fingerprint density at radius 1 is 0.229 bits per heavy atom. The van der Waals surface area contributed by atoms with Crippen molar-refractivity contribution in [2.75, 3.05) is 0 Å². The normalized spacial score (nSPS) is 14.2. The molecule has 1 heteroatoms. The van der Waals surface area contributed by atoms with Crippen LogP contribution in [0.1, 0.15) is 89.0 Å². The van der Waals surface area contributed by atoms with Gasteiger partial charge in [0.1, 0.15) is 0 Å². The molecule has 0 saturated carbocycles. The largest absolute Gasteiger partial charge is 0.289 e. The standard InChI is InChI=1S/C69H48O/c1-20-16-35-30(11)36-18-22(3)39-47-28(9)26(7)41-32(13)44-34(15)50-46-25(6)21(2)17-37-53(46)54-38(69(37)70)19-23(4)40-48-29(10)27(8)42-31(12)43-33(14)49-45(24(20)5)51(35)52(36)55(39)63(49)67-59(43)65-58(42)62(48)68(64(50)56(40)54)60(44)66(65)57(41)61(47)67/h16-19H,11H2,1-10,12-15H3. The summed E-state index contributed by atoms with van der Waals surface area (Å²) in [5.74, 6) is 0. The maximum Gasteiger partial charge on any atom is 0.194 e. The van der Waals surface area contributed by atoms with E-state index in [1.165, 1.54) is 256 Å². The molecule has 70 heavy (non-hydrogen) atoms. The molecule has 1 aliphatic rings. The number of rotatable bonds is 0. The first-order valence-electron chi connectivity index (χ1n) is 25.6. The van der Waals surface area contributed by atoms with Gasteiger partial charge in [-0.1, -0.05) is 18.7 Å². The Morgan fingerprint density at radius 3 is 0.943 bits per heavy atom. The van der Waals surface area contributed by atoms with Crippen LogP contribution in [0.5, 0.6) is 0 Å². The highest BCUT2D eigenvalue weighted by Gasteiger charge is 2.39. The van der Waals surface area contributed by atoms with E-state index in [2.05, 4.69) is 121 Å². The zero-order chi connectivity index (χ0) is 47.7. The van der Waals surface area contributed by atoms with Crippen LogP contribution in [0.15, 0.2) is 35.6 Å². The molecule has 0 saturated heterocycles. The van der Waals surface area contributed by atoms with Gasteiger partial charge in [-0.3, -0.25) is 4.79 Å². The molecular weight excluding hydrogens is 845 g/mol. The summed E-state index contributed by atoms with van der Waals surface area (Å²) in [6, 6.07) is 9.40. The number of fused-ring (bicyclic) bond motifs is 4. The fraction of sp³-hybridized carbons (Fsp3) is 0.203. The predicted octanol–water partition coefficient (Wildman–Crippen LogP) is 19.1. The Kier molecular flexibility index (Phi) is 5.65. The van der Waals surface area contributed by atoms with E-state index in [0.717, 1.165) is 10.8 Å². The Labute approximate surface area is 402 Å². The van der Waals surface area contributed by atoms with E-state index in [-0.39, 0.29) is 5.43 Å². The monoisotopic (exact) mass is 892 g/mol. The van der Waals surface area contributed by atoms with E-state index >= 15 is 0 Å². The van der Waals surface area contributed by atoms with Gasteiger partial charge >= 0.3 is 0 Å². The molecule has 17 aromatic rings. The second kappa shape index (κ2) is 10.5. The molecule has 0 heterocycles. The van der Waals surface area contributed by atoms with Crippen LogP contribution >= 0.6 is 0 Å². The molecule has 0 N–H and O–H groups in total. The molecule has 0 atom stereocenters. The second-order valence-corrected chi connectivity index (χ2v) is 23.3. The van der Waals surface area contributed by atoms with Crippen molar-refractivity contribution >= 4 is 178 Å². The molecule has 330 valence electrons. The molecule has 0 spiro atoms. The van der Waals surface area contributed by atoms with Gasteiger partial charge in [0.25, 0.3) is 0 Å². The van der Waals surface area contributed by atoms with Crippen molar-refractivity contribution in [1.29, 1.82) is 0 Å². The van der Waals surface area contributed by atoms with Gasteiger partial charge in [0, 0.05) is 21.5 Å². The van der Waals surface area contributed by atoms with Crippen molar-refractivity contribution in [3.63, 3.8) is 0 Å². The van der Waals surface area contributed by atoms with Crippen LogP contribution in [-0.4, -0.2) is 0 Å². The summed E-state index contributed by atoms with van der Waals surface area (Å²) in [4.78, 5) is 14.9. The third kappa shape index (κ3) is 3.18. The number of aryl methyl sites for hydroxylation is 14. The van der Waals surface area contributed by atoms with Crippen LogP contribution < -0.4 is 5.43 Å². The third-order valence-corrected chi connectivity index (χ3v) is 20.8. The van der Waals surface area contributed by atoms with Crippen LogP contribution in [0.25, 0.3) is 178 Å². The van der Waals surface area contributed by atoms with Crippen molar-refractivity contribution in [2.24, 2.45) is 0 Å². The van der Waals surface area contributed by atoms with Crippen LogP contribution in [0, 0.1) is 96.9 Å². The Bertz CT molecular complexity index is 5610. The van der Waals surface area contributed by atoms with Gasteiger partial charge in [0.15, 0.2) is 5.43 Å². The van der Waals surface area contributed by atoms with Gasteiger partial charge in [-0.05, 0) is 354 Å². The second-order valence-electron chi connectivity index (χ2n) is 23.3. The SMILES string of the molecule is C=C1c2cc(C)c(C)c3c2c2c1cc(C)c1c4c(C)c(C)c5c(C)c6c(C)c7c8c(C)c(C)cc9c(=O)c%10cc(C)c%11c%12c(C)c(C)c%13c(C)c%14c(C)c3c(c21)c1c%14c2c%13c%12c(c6c2c5c41)c7c%11c%10c98. The van der Waals surface area contributed by atoms with Crippen molar-refractivity contribution < 1.29 is 0 Å². The lowest BCUT2D eigenvalue weighted by molar-refractivity contribution is 1.38. The van der Waals surface area contributed by atoms with Gasteiger partial charge < -0.3 is 0 Å². The van der Waals surface area contributed by atoms with Crippen molar-refractivity contribution in [3.05, 3.63) is 130 Å². The van der Waals surface area contributed by atoms with Crippen LogP contribution in [0.4, 0.5) is 0 Å². The molecular formula is C69H48O. The fourth-order valence-corrected chi connectivity index (χ4v) is 17.8. The summed E-state index contributed by atoms with van der Waals surface area (Å²) in [7, 11) is 0. The quantitative estimate of drug-likeness (QED) is 0.109. The van der Waals surface area contributed by atoms with Gasteiger partial charge in [-0.2, -0.15) is 0 Å². The lowest BCUT2D eigenvalue weighted by atomic mass is 9.68. The Morgan fingerprint density at radius 2 is 0.471 bits per heavy atom. The van der Waals surface area contributed by atoms with Crippen LogP contribution in [0.3, 0.4) is 0 Å². The van der Waals surface area contributed by atoms with Gasteiger partial charge in [-0.25, -0.2) is 0 Å². The maximum atomic E-state index is 14.9. The summed E-state index contributed by atoms with van der Waals surface area (Å²) in [5.41, 5.74) is 22.8. The summed E-state index contributed by atoms with van der Waals surface area (Å²) < 4.78 is 0. The van der Waals surface area contributed by atoms with Gasteiger partial charge in [-0.15, -0.1) is 0 Å². The predicted molar refractivity (Wildman–Crippen MR) is 308 cm³/mol. The number of benzene rings is 16. The van der Waals surface area contributed by atoms with E-state index < -0.39 is 0 Å². The molecule has 17 aromatic carbocycles. The zero-order valence-electron chi connectivity index (χ0n) is 42.4. The molecule has 18 rings (SSSR count). The van der Waals surface area contributed by atoms with Crippen molar-refractivity contribution in [3.8, 4) is 0 Å². The Balaban J connectivity index is 1.32. The molecule has 0 fully saturated rings. The zero-order valence-corrected chi connectivity index (χ0v) is 42.4. The molecule has 0 aromatic heterocycles. The molecule has 0 unspecified atom stereocenters. The first-order chi connectivity index (χ1) is 33.5. The third-order valence-electron chi connectivity index (χ3n) is 20.8. The van der Waals surface area contributed by atoms with E-state index in [4.69, 9.17) is 6.58 Å². The lowest BCUT2D eigenvalue weighted by Crippen LogP contribution is -2.07. The molecule has 0 radical (unpaired) electrons. The van der Waals surface area contributed by atoms with Crippen LogP contribution in [0.2, 0.25) is 0 Å². The molecule has 1 nitrogen and oxygen atoms in total. The maximum absolute atomic E-state index is 14.9. The summed E-state index contributed by atoms with van der Waals surface area (Å²) in [6.07, 6.45) is 0. The number of hydrogen-bond acceptors (Lipinski definition) is 1.